The Labute approximate surface area is 118 Å². The Morgan fingerprint density at radius 3 is 2.58 bits per heavy atom. The Hall–Kier alpha value is -1.80. The van der Waals surface area contributed by atoms with Gasteiger partial charge in [-0.25, -0.2) is 0 Å². The van der Waals surface area contributed by atoms with Gasteiger partial charge < -0.3 is 5.32 Å². The molecule has 1 amide bonds. The third kappa shape index (κ3) is 3.36. The van der Waals surface area contributed by atoms with E-state index in [-0.39, 0.29) is 11.9 Å². The fraction of sp³-hybridized carbons (Fsp3) is 0.188. The molecular formula is C16H16ClNO. The Bertz CT molecular complexity index is 595. The maximum absolute atomic E-state index is 12.1. The molecule has 2 aromatic carbocycles. The van der Waals surface area contributed by atoms with Crippen molar-refractivity contribution in [1.82, 2.24) is 5.32 Å². The average Bonchev–Trinajstić information content (AvgIpc) is 2.39. The molecule has 0 aliphatic carbocycles. The lowest BCUT2D eigenvalue weighted by atomic mass is 10.0. The number of hydrogen-bond acceptors (Lipinski definition) is 1. The van der Waals surface area contributed by atoms with Crippen LogP contribution in [0.15, 0.2) is 48.5 Å². The number of benzene rings is 2. The number of aryl methyl sites for hydroxylation is 1. The average molecular weight is 274 g/mol. The first-order valence-corrected chi connectivity index (χ1v) is 6.57. The van der Waals surface area contributed by atoms with E-state index in [1.807, 2.05) is 38.1 Å². The highest BCUT2D eigenvalue weighted by atomic mass is 35.5. The summed E-state index contributed by atoms with van der Waals surface area (Å²) in [5.74, 6) is -0.113. The molecule has 0 bridgehead atoms. The van der Waals surface area contributed by atoms with Crippen molar-refractivity contribution in [3.05, 3.63) is 70.2 Å². The zero-order valence-corrected chi connectivity index (χ0v) is 11.7. The largest absolute Gasteiger partial charge is 0.346 e. The van der Waals surface area contributed by atoms with Crippen molar-refractivity contribution < 1.29 is 4.79 Å². The van der Waals surface area contributed by atoms with Gasteiger partial charge in [-0.05, 0) is 43.2 Å². The van der Waals surface area contributed by atoms with E-state index in [1.54, 1.807) is 24.3 Å². The Kier molecular flexibility index (Phi) is 4.23. The zero-order valence-electron chi connectivity index (χ0n) is 11.0. The molecule has 19 heavy (non-hydrogen) atoms. The SMILES string of the molecule is Cc1ccccc1C(C)NC(=O)c1cccc(Cl)c1. The van der Waals surface area contributed by atoms with E-state index < -0.39 is 0 Å². The summed E-state index contributed by atoms with van der Waals surface area (Å²) in [4.78, 5) is 12.1. The summed E-state index contributed by atoms with van der Waals surface area (Å²) >= 11 is 5.89. The standard InChI is InChI=1S/C16H16ClNO/c1-11-6-3-4-9-15(11)12(2)18-16(19)13-7-5-8-14(17)10-13/h3-10,12H,1-2H3,(H,18,19). The van der Waals surface area contributed by atoms with E-state index in [4.69, 9.17) is 11.6 Å². The van der Waals surface area contributed by atoms with Crippen LogP contribution in [0.4, 0.5) is 0 Å². The lowest BCUT2D eigenvalue weighted by Gasteiger charge is -2.16. The van der Waals surface area contributed by atoms with Crippen molar-refractivity contribution in [3.8, 4) is 0 Å². The van der Waals surface area contributed by atoms with Crippen LogP contribution in [-0.2, 0) is 0 Å². The van der Waals surface area contributed by atoms with Crippen LogP contribution in [0.1, 0.15) is 34.5 Å². The van der Waals surface area contributed by atoms with Crippen molar-refractivity contribution in [2.24, 2.45) is 0 Å². The smallest absolute Gasteiger partial charge is 0.251 e. The van der Waals surface area contributed by atoms with E-state index >= 15 is 0 Å². The van der Waals surface area contributed by atoms with Crippen LogP contribution in [-0.4, -0.2) is 5.91 Å². The second-order valence-electron chi connectivity index (χ2n) is 4.56. The highest BCUT2D eigenvalue weighted by Crippen LogP contribution is 2.18. The fourth-order valence-corrected chi connectivity index (χ4v) is 2.25. The van der Waals surface area contributed by atoms with E-state index in [2.05, 4.69) is 5.32 Å². The minimum Gasteiger partial charge on any atom is -0.346 e. The molecule has 0 aliphatic heterocycles. The highest BCUT2D eigenvalue weighted by Gasteiger charge is 2.12. The van der Waals surface area contributed by atoms with Gasteiger partial charge in [0, 0.05) is 10.6 Å². The number of rotatable bonds is 3. The molecule has 0 aliphatic rings. The highest BCUT2D eigenvalue weighted by molar-refractivity contribution is 6.30. The number of hydrogen-bond donors (Lipinski definition) is 1. The second kappa shape index (κ2) is 5.89. The molecule has 0 saturated carbocycles. The van der Waals surface area contributed by atoms with Crippen molar-refractivity contribution in [3.63, 3.8) is 0 Å². The van der Waals surface area contributed by atoms with Crippen LogP contribution in [0.5, 0.6) is 0 Å². The normalized spacial score (nSPS) is 11.9. The maximum Gasteiger partial charge on any atom is 0.251 e. The molecule has 1 N–H and O–H groups in total. The van der Waals surface area contributed by atoms with Crippen molar-refractivity contribution in [2.45, 2.75) is 19.9 Å². The third-order valence-electron chi connectivity index (χ3n) is 3.09. The van der Waals surface area contributed by atoms with E-state index in [0.29, 0.717) is 10.6 Å². The number of carbonyl (C=O) groups is 1. The van der Waals surface area contributed by atoms with Crippen LogP contribution in [0, 0.1) is 6.92 Å². The first kappa shape index (κ1) is 13.6. The van der Waals surface area contributed by atoms with E-state index in [9.17, 15) is 4.79 Å². The molecule has 1 atom stereocenters. The van der Waals surface area contributed by atoms with E-state index in [0.717, 1.165) is 5.56 Å². The van der Waals surface area contributed by atoms with Gasteiger partial charge in [-0.15, -0.1) is 0 Å². The van der Waals surface area contributed by atoms with Crippen LogP contribution in [0.3, 0.4) is 0 Å². The molecule has 2 aromatic rings. The van der Waals surface area contributed by atoms with Gasteiger partial charge in [-0.3, -0.25) is 4.79 Å². The summed E-state index contributed by atoms with van der Waals surface area (Å²) in [6.07, 6.45) is 0. The number of amides is 1. The first-order chi connectivity index (χ1) is 9.08. The number of halogens is 1. The minimum absolute atomic E-state index is 0.0346. The van der Waals surface area contributed by atoms with Gasteiger partial charge in [0.2, 0.25) is 0 Å². The summed E-state index contributed by atoms with van der Waals surface area (Å²) in [6.45, 7) is 4.02. The summed E-state index contributed by atoms with van der Waals surface area (Å²) in [7, 11) is 0. The van der Waals surface area contributed by atoms with Gasteiger partial charge in [-0.1, -0.05) is 41.9 Å². The molecular weight excluding hydrogens is 258 g/mol. The minimum atomic E-state index is -0.113. The predicted molar refractivity (Wildman–Crippen MR) is 78.5 cm³/mol. The first-order valence-electron chi connectivity index (χ1n) is 6.20. The molecule has 0 saturated heterocycles. The van der Waals surface area contributed by atoms with Gasteiger partial charge >= 0.3 is 0 Å². The molecule has 0 heterocycles. The van der Waals surface area contributed by atoms with Crippen LogP contribution in [0.25, 0.3) is 0 Å². The third-order valence-corrected chi connectivity index (χ3v) is 3.32. The lowest BCUT2D eigenvalue weighted by Crippen LogP contribution is -2.27. The van der Waals surface area contributed by atoms with Crippen molar-refractivity contribution >= 4 is 17.5 Å². The van der Waals surface area contributed by atoms with Gasteiger partial charge in [-0.2, -0.15) is 0 Å². The summed E-state index contributed by atoms with van der Waals surface area (Å²) < 4.78 is 0. The quantitative estimate of drug-likeness (QED) is 0.895. The summed E-state index contributed by atoms with van der Waals surface area (Å²) in [5, 5.41) is 3.55. The fourth-order valence-electron chi connectivity index (χ4n) is 2.06. The number of carbonyl (C=O) groups excluding carboxylic acids is 1. The molecule has 0 spiro atoms. The van der Waals surface area contributed by atoms with Crippen LogP contribution >= 0.6 is 11.6 Å². The van der Waals surface area contributed by atoms with Crippen molar-refractivity contribution in [1.29, 1.82) is 0 Å². The lowest BCUT2D eigenvalue weighted by molar-refractivity contribution is 0.0940. The van der Waals surface area contributed by atoms with Crippen LogP contribution in [0.2, 0.25) is 5.02 Å². The summed E-state index contributed by atoms with van der Waals surface area (Å²) in [6, 6.07) is 14.9. The second-order valence-corrected chi connectivity index (χ2v) is 5.00. The van der Waals surface area contributed by atoms with Gasteiger partial charge in [0.15, 0.2) is 0 Å². The van der Waals surface area contributed by atoms with Crippen LogP contribution < -0.4 is 5.32 Å². The molecule has 0 fully saturated rings. The molecule has 3 heteroatoms. The van der Waals surface area contributed by atoms with Gasteiger partial charge in [0.25, 0.3) is 5.91 Å². The molecule has 0 radical (unpaired) electrons. The molecule has 0 aromatic heterocycles. The van der Waals surface area contributed by atoms with Gasteiger partial charge in [0.05, 0.1) is 6.04 Å². The van der Waals surface area contributed by atoms with Crippen molar-refractivity contribution in [2.75, 3.05) is 0 Å². The Morgan fingerprint density at radius 2 is 1.89 bits per heavy atom. The maximum atomic E-state index is 12.1. The Morgan fingerprint density at radius 1 is 1.16 bits per heavy atom. The topological polar surface area (TPSA) is 29.1 Å². The molecule has 2 nitrogen and oxygen atoms in total. The molecule has 1 unspecified atom stereocenters. The zero-order chi connectivity index (χ0) is 13.8. The summed E-state index contributed by atoms with van der Waals surface area (Å²) in [5.41, 5.74) is 2.87. The predicted octanol–water partition coefficient (Wildman–Crippen LogP) is 4.14. The number of nitrogens with one attached hydrogen (secondary N) is 1. The van der Waals surface area contributed by atoms with Gasteiger partial charge in [0.1, 0.15) is 0 Å². The van der Waals surface area contributed by atoms with E-state index in [1.165, 1.54) is 5.56 Å². The Balaban J connectivity index is 2.13. The molecule has 2 rings (SSSR count). The molecule has 98 valence electrons. The monoisotopic (exact) mass is 273 g/mol.